The van der Waals surface area contributed by atoms with Crippen LogP contribution in [0.25, 0.3) is 0 Å². The molecule has 46 valence electrons. The molecule has 0 aromatic rings. The fourth-order valence-electron chi connectivity index (χ4n) is 0.739. The van der Waals surface area contributed by atoms with Crippen LogP contribution >= 0.6 is 0 Å². The van der Waals surface area contributed by atoms with Gasteiger partial charge in [-0.15, -0.1) is 0 Å². The van der Waals surface area contributed by atoms with Crippen molar-refractivity contribution in [2.75, 3.05) is 0 Å². The molecule has 0 bridgehead atoms. The van der Waals surface area contributed by atoms with Gasteiger partial charge in [-0.05, 0) is 6.42 Å². The molecule has 0 radical (unpaired) electrons. The summed E-state index contributed by atoms with van der Waals surface area (Å²) in [5.74, 6) is 0. The summed E-state index contributed by atoms with van der Waals surface area (Å²) in [6.45, 7) is 0.416. The van der Waals surface area contributed by atoms with Crippen LogP contribution in [0.15, 0.2) is 0 Å². The van der Waals surface area contributed by atoms with Crippen molar-refractivity contribution in [1.29, 1.82) is 0 Å². The van der Waals surface area contributed by atoms with Crippen LogP contribution in [-0.2, 0) is 9.53 Å². The Hall–Kier alpha value is -0.570. The van der Waals surface area contributed by atoms with E-state index in [9.17, 15) is 4.79 Å². The van der Waals surface area contributed by atoms with E-state index in [0.717, 1.165) is 19.3 Å². The molecular weight excluding hydrogens is 106 g/mol. The van der Waals surface area contributed by atoms with Crippen LogP contribution in [-0.4, -0.2) is 12.2 Å². The number of ether oxygens (including phenoxy) is 1. The average molecular weight is 115 g/mol. The van der Waals surface area contributed by atoms with Crippen LogP contribution in [0.1, 0.15) is 19.3 Å². The molecule has 8 heavy (non-hydrogen) atoms. The lowest BCUT2D eigenvalue weighted by atomic mass is 9.89. The Morgan fingerprint density at radius 3 is 2.38 bits per heavy atom. The Kier molecular flexibility index (Phi) is 1.21. The second-order valence-electron chi connectivity index (χ2n) is 2.13. The maximum atomic E-state index is 9.71. The Balaban J connectivity index is 2.29. The molecule has 0 unspecified atom stereocenters. The fourth-order valence-corrected chi connectivity index (χ4v) is 0.739. The molecule has 1 saturated carbocycles. The topological polar surface area (TPSA) is 52.3 Å². The minimum Gasteiger partial charge on any atom is -0.446 e. The van der Waals surface area contributed by atoms with Gasteiger partial charge < -0.3 is 4.74 Å². The van der Waals surface area contributed by atoms with Crippen LogP contribution in [0.2, 0.25) is 0 Å². The van der Waals surface area contributed by atoms with Crippen LogP contribution in [0.4, 0.5) is 0 Å². The van der Waals surface area contributed by atoms with Crippen LogP contribution in [0.3, 0.4) is 0 Å². The standard InChI is InChI=1S/C5H9NO2/c6-5(8-4-7)2-1-3-5/h4H,1-3,6H2. The van der Waals surface area contributed by atoms with Gasteiger partial charge in [-0.1, -0.05) is 0 Å². The first-order chi connectivity index (χ1) is 3.77. The van der Waals surface area contributed by atoms with E-state index in [2.05, 4.69) is 4.74 Å². The van der Waals surface area contributed by atoms with Gasteiger partial charge in [0, 0.05) is 12.8 Å². The lowest BCUT2D eigenvalue weighted by Crippen LogP contribution is -2.48. The highest BCUT2D eigenvalue weighted by Gasteiger charge is 2.34. The molecule has 0 amide bonds. The monoisotopic (exact) mass is 115 g/mol. The zero-order valence-corrected chi connectivity index (χ0v) is 4.59. The van der Waals surface area contributed by atoms with E-state index < -0.39 is 5.72 Å². The minimum atomic E-state index is -0.595. The maximum absolute atomic E-state index is 9.71. The number of nitrogens with two attached hydrogens (primary N) is 1. The molecule has 0 aliphatic heterocycles. The minimum absolute atomic E-state index is 0.416. The van der Waals surface area contributed by atoms with Crippen molar-refractivity contribution >= 4 is 6.47 Å². The van der Waals surface area contributed by atoms with Crippen molar-refractivity contribution in [3.8, 4) is 0 Å². The van der Waals surface area contributed by atoms with Crippen molar-refractivity contribution < 1.29 is 9.53 Å². The summed E-state index contributed by atoms with van der Waals surface area (Å²) in [5, 5.41) is 0. The largest absolute Gasteiger partial charge is 0.446 e. The van der Waals surface area contributed by atoms with Crippen molar-refractivity contribution in [2.45, 2.75) is 25.0 Å². The number of carbonyl (C=O) groups is 1. The molecule has 2 N–H and O–H groups in total. The number of hydrogen-bond donors (Lipinski definition) is 1. The second-order valence-corrected chi connectivity index (χ2v) is 2.13. The quantitative estimate of drug-likeness (QED) is 0.407. The van der Waals surface area contributed by atoms with Crippen LogP contribution < -0.4 is 5.73 Å². The highest BCUT2D eigenvalue weighted by Crippen LogP contribution is 2.28. The molecule has 0 saturated heterocycles. The highest BCUT2D eigenvalue weighted by molar-refractivity contribution is 5.38. The van der Waals surface area contributed by atoms with Crippen LogP contribution in [0, 0.1) is 0 Å². The van der Waals surface area contributed by atoms with Crippen molar-refractivity contribution in [3.05, 3.63) is 0 Å². The molecule has 1 fully saturated rings. The molecule has 0 atom stereocenters. The van der Waals surface area contributed by atoms with E-state index in [4.69, 9.17) is 5.73 Å². The maximum Gasteiger partial charge on any atom is 0.294 e. The molecule has 3 heteroatoms. The zero-order valence-electron chi connectivity index (χ0n) is 4.59. The van der Waals surface area contributed by atoms with E-state index in [-0.39, 0.29) is 0 Å². The summed E-state index contributed by atoms with van der Waals surface area (Å²) < 4.78 is 4.56. The predicted octanol–water partition coefficient (Wildman–Crippen LogP) is -0.00170. The third kappa shape index (κ3) is 0.816. The molecule has 0 spiro atoms. The second kappa shape index (κ2) is 1.74. The zero-order chi connectivity index (χ0) is 6.04. The Morgan fingerprint density at radius 2 is 2.25 bits per heavy atom. The van der Waals surface area contributed by atoms with Gasteiger partial charge in [0.1, 0.15) is 0 Å². The summed E-state index contributed by atoms with van der Waals surface area (Å²) in [7, 11) is 0. The SMILES string of the molecule is NC1(OC=O)CCC1. The normalized spacial score (nSPS) is 23.6. The molecule has 1 rings (SSSR count). The highest BCUT2D eigenvalue weighted by atomic mass is 16.5. The van der Waals surface area contributed by atoms with Crippen molar-refractivity contribution in [2.24, 2.45) is 5.73 Å². The summed E-state index contributed by atoms with van der Waals surface area (Å²) in [6, 6.07) is 0. The van der Waals surface area contributed by atoms with Gasteiger partial charge in [-0.3, -0.25) is 10.5 Å². The fraction of sp³-hybridized carbons (Fsp3) is 0.800. The van der Waals surface area contributed by atoms with E-state index in [1.54, 1.807) is 0 Å². The molecule has 0 aromatic carbocycles. The van der Waals surface area contributed by atoms with E-state index in [1.165, 1.54) is 0 Å². The van der Waals surface area contributed by atoms with E-state index in [0.29, 0.717) is 6.47 Å². The van der Waals surface area contributed by atoms with E-state index >= 15 is 0 Å². The van der Waals surface area contributed by atoms with Crippen molar-refractivity contribution in [3.63, 3.8) is 0 Å². The lowest BCUT2D eigenvalue weighted by molar-refractivity contribution is -0.152. The van der Waals surface area contributed by atoms with E-state index in [1.807, 2.05) is 0 Å². The van der Waals surface area contributed by atoms with Gasteiger partial charge in [0.15, 0.2) is 5.72 Å². The summed E-state index contributed by atoms with van der Waals surface area (Å²) >= 11 is 0. The summed E-state index contributed by atoms with van der Waals surface area (Å²) in [5.41, 5.74) is 4.86. The molecule has 0 aromatic heterocycles. The molecule has 3 nitrogen and oxygen atoms in total. The smallest absolute Gasteiger partial charge is 0.294 e. The third-order valence-corrected chi connectivity index (χ3v) is 1.48. The molecular formula is C5H9NO2. The average Bonchev–Trinajstić information content (AvgIpc) is 1.64. The van der Waals surface area contributed by atoms with Crippen LogP contribution in [0.5, 0.6) is 0 Å². The Bertz CT molecular complexity index is 98.6. The number of hydrogen-bond acceptors (Lipinski definition) is 3. The summed E-state index contributed by atoms with van der Waals surface area (Å²) in [4.78, 5) is 9.71. The van der Waals surface area contributed by atoms with Gasteiger partial charge in [0.2, 0.25) is 0 Å². The first kappa shape index (κ1) is 5.56. The molecule has 1 aliphatic rings. The number of carbonyl (C=O) groups excluding carboxylic acids is 1. The molecule has 1 aliphatic carbocycles. The molecule has 0 heterocycles. The van der Waals surface area contributed by atoms with Gasteiger partial charge in [0.05, 0.1) is 0 Å². The van der Waals surface area contributed by atoms with Gasteiger partial charge in [-0.25, -0.2) is 0 Å². The first-order valence-electron chi connectivity index (χ1n) is 2.67. The van der Waals surface area contributed by atoms with Gasteiger partial charge >= 0.3 is 0 Å². The van der Waals surface area contributed by atoms with Gasteiger partial charge in [-0.2, -0.15) is 0 Å². The third-order valence-electron chi connectivity index (χ3n) is 1.48. The Labute approximate surface area is 47.8 Å². The summed E-state index contributed by atoms with van der Waals surface area (Å²) in [6.07, 6.45) is 2.70. The van der Waals surface area contributed by atoms with Crippen molar-refractivity contribution in [1.82, 2.24) is 0 Å². The predicted molar refractivity (Wildman–Crippen MR) is 27.9 cm³/mol. The van der Waals surface area contributed by atoms with Gasteiger partial charge in [0.25, 0.3) is 6.47 Å². The lowest BCUT2D eigenvalue weighted by Gasteiger charge is -2.35. The Morgan fingerprint density at radius 1 is 1.62 bits per heavy atom. The first-order valence-corrected chi connectivity index (χ1v) is 2.67. The number of rotatable bonds is 2.